The fourth-order valence-electron chi connectivity index (χ4n) is 3.92. The Hall–Kier alpha value is -1.95. The van der Waals surface area contributed by atoms with Gasteiger partial charge in [-0.2, -0.15) is 0 Å². The monoisotopic (exact) mass is 421 g/mol. The van der Waals surface area contributed by atoms with Gasteiger partial charge >= 0.3 is 0 Å². The average Bonchev–Trinajstić information content (AvgIpc) is 3.00. The van der Waals surface area contributed by atoms with Gasteiger partial charge in [0.2, 0.25) is 0 Å². The predicted octanol–water partition coefficient (Wildman–Crippen LogP) is 3.51. The number of halogens is 2. The zero-order valence-corrected chi connectivity index (χ0v) is 17.0. The van der Waals surface area contributed by atoms with Gasteiger partial charge in [0.05, 0.1) is 35.5 Å². The molecule has 2 aromatic rings. The lowest BCUT2D eigenvalue weighted by Crippen LogP contribution is -3.11. The zero-order valence-electron chi connectivity index (χ0n) is 15.5. The van der Waals surface area contributed by atoms with Crippen molar-refractivity contribution in [2.24, 2.45) is 0 Å². The molecule has 0 radical (unpaired) electrons. The molecule has 1 unspecified atom stereocenters. The normalized spacial score (nSPS) is 21.2. The lowest BCUT2D eigenvalue weighted by molar-refractivity contribution is -0.910. The minimum absolute atomic E-state index is 0.0691. The van der Waals surface area contributed by atoms with Crippen LogP contribution in [0.25, 0.3) is 0 Å². The summed E-state index contributed by atoms with van der Waals surface area (Å²) >= 11 is 12.2. The molecule has 7 heteroatoms. The second-order valence-corrected chi connectivity index (χ2v) is 7.97. The maximum atomic E-state index is 12.6. The number of likely N-dealkylation sites (tertiary alicyclic amines) is 1. The van der Waals surface area contributed by atoms with Gasteiger partial charge < -0.3 is 19.7 Å². The van der Waals surface area contributed by atoms with Crippen molar-refractivity contribution in [3.63, 3.8) is 0 Å². The van der Waals surface area contributed by atoms with Crippen molar-refractivity contribution in [1.29, 1.82) is 0 Å². The predicted molar refractivity (Wildman–Crippen MR) is 110 cm³/mol. The van der Waals surface area contributed by atoms with Gasteiger partial charge in [-0.15, -0.1) is 0 Å². The van der Waals surface area contributed by atoms with E-state index < -0.39 is 0 Å². The topological polar surface area (TPSA) is 52.0 Å². The molecule has 148 valence electrons. The molecule has 1 saturated heterocycles. The highest BCUT2D eigenvalue weighted by Crippen LogP contribution is 2.33. The molecule has 2 heterocycles. The zero-order chi connectivity index (χ0) is 19.5. The third kappa shape index (κ3) is 4.22. The van der Waals surface area contributed by atoms with Gasteiger partial charge in [-0.1, -0.05) is 29.3 Å². The van der Waals surface area contributed by atoms with Crippen LogP contribution in [0.3, 0.4) is 0 Å². The van der Waals surface area contributed by atoms with Crippen molar-refractivity contribution in [3.05, 3.63) is 52.0 Å². The van der Waals surface area contributed by atoms with Crippen LogP contribution in [0.5, 0.6) is 11.5 Å². The summed E-state index contributed by atoms with van der Waals surface area (Å²) in [5, 5.41) is 3.68. The fraction of sp³-hybridized carbons (Fsp3) is 0.381. The van der Waals surface area contributed by atoms with Crippen LogP contribution in [0.4, 0.5) is 5.69 Å². The van der Waals surface area contributed by atoms with Crippen molar-refractivity contribution in [3.8, 4) is 11.5 Å². The molecule has 0 spiro atoms. The first kappa shape index (κ1) is 19.4. The summed E-state index contributed by atoms with van der Waals surface area (Å²) in [5.41, 5.74) is 1.73. The molecule has 28 heavy (non-hydrogen) atoms. The highest BCUT2D eigenvalue weighted by atomic mass is 35.5. The van der Waals surface area contributed by atoms with Gasteiger partial charge in [-0.3, -0.25) is 4.79 Å². The summed E-state index contributed by atoms with van der Waals surface area (Å²) in [6.45, 7) is 2.68. The largest absolute Gasteiger partial charge is 0.490 e. The van der Waals surface area contributed by atoms with Crippen molar-refractivity contribution < 1.29 is 19.2 Å². The Labute approximate surface area is 174 Å². The Morgan fingerprint density at radius 2 is 1.93 bits per heavy atom. The molecular weight excluding hydrogens is 399 g/mol. The lowest BCUT2D eigenvalue weighted by atomic mass is 10.0. The van der Waals surface area contributed by atoms with Crippen molar-refractivity contribution in [2.75, 3.05) is 31.6 Å². The van der Waals surface area contributed by atoms with Gasteiger partial charge in [0, 0.05) is 24.8 Å². The molecule has 0 bridgehead atoms. The molecule has 2 aliphatic rings. The summed E-state index contributed by atoms with van der Waals surface area (Å²) in [6.07, 6.45) is 3.01. The Balaban J connectivity index is 1.46. The molecule has 2 aliphatic heterocycles. The summed E-state index contributed by atoms with van der Waals surface area (Å²) in [5.74, 6) is 1.53. The van der Waals surface area contributed by atoms with E-state index in [1.54, 1.807) is 18.2 Å². The second-order valence-electron chi connectivity index (χ2n) is 7.19. The van der Waals surface area contributed by atoms with Crippen LogP contribution in [-0.2, 0) is 4.79 Å². The van der Waals surface area contributed by atoms with E-state index in [0.717, 1.165) is 37.3 Å². The summed E-state index contributed by atoms with van der Waals surface area (Å²) in [7, 11) is 0. The van der Waals surface area contributed by atoms with Gasteiger partial charge in [0.25, 0.3) is 5.91 Å². The van der Waals surface area contributed by atoms with Gasteiger partial charge in [-0.05, 0) is 30.3 Å². The summed E-state index contributed by atoms with van der Waals surface area (Å²) < 4.78 is 11.6. The Kier molecular flexibility index (Phi) is 5.95. The number of quaternary nitrogens is 1. The Morgan fingerprint density at radius 1 is 1.11 bits per heavy atom. The molecule has 1 fully saturated rings. The minimum atomic E-state index is -0.0691. The van der Waals surface area contributed by atoms with Crippen LogP contribution in [0.2, 0.25) is 10.0 Å². The van der Waals surface area contributed by atoms with Crippen LogP contribution < -0.4 is 19.7 Å². The van der Waals surface area contributed by atoms with E-state index in [1.807, 2.05) is 6.07 Å². The van der Waals surface area contributed by atoms with E-state index >= 15 is 0 Å². The first-order chi connectivity index (χ1) is 13.6. The smallest absolute Gasteiger partial charge is 0.279 e. The maximum absolute atomic E-state index is 12.6. The first-order valence-electron chi connectivity index (χ1n) is 9.60. The SMILES string of the molecule is O=C(C[NH+]1CCC[C@@H]1c1ccc2c(c1)OCCCO2)Nc1cccc(Cl)c1Cl. The van der Waals surface area contributed by atoms with Crippen LogP contribution >= 0.6 is 23.2 Å². The number of anilines is 1. The minimum Gasteiger partial charge on any atom is -0.490 e. The second kappa shape index (κ2) is 8.60. The summed E-state index contributed by atoms with van der Waals surface area (Å²) in [6, 6.07) is 11.6. The first-order valence-corrected chi connectivity index (χ1v) is 10.4. The number of hydrogen-bond acceptors (Lipinski definition) is 3. The number of ether oxygens (including phenoxy) is 2. The molecule has 2 N–H and O–H groups in total. The maximum Gasteiger partial charge on any atom is 0.279 e. The van der Waals surface area contributed by atoms with Crippen LogP contribution in [0.1, 0.15) is 30.9 Å². The van der Waals surface area contributed by atoms with E-state index in [2.05, 4.69) is 17.4 Å². The van der Waals surface area contributed by atoms with Gasteiger partial charge in [0.1, 0.15) is 6.04 Å². The van der Waals surface area contributed by atoms with Crippen molar-refractivity contribution in [1.82, 2.24) is 0 Å². The van der Waals surface area contributed by atoms with E-state index in [4.69, 9.17) is 32.7 Å². The van der Waals surface area contributed by atoms with E-state index in [0.29, 0.717) is 35.5 Å². The molecular formula is C21H23Cl2N2O3+. The molecule has 4 rings (SSSR count). The number of nitrogens with one attached hydrogen (secondary N) is 2. The van der Waals surface area contributed by atoms with E-state index in [9.17, 15) is 4.79 Å². The third-order valence-corrected chi connectivity index (χ3v) is 6.09. The highest BCUT2D eigenvalue weighted by Gasteiger charge is 2.32. The highest BCUT2D eigenvalue weighted by molar-refractivity contribution is 6.43. The molecule has 1 amide bonds. The lowest BCUT2D eigenvalue weighted by Gasteiger charge is -2.22. The number of fused-ring (bicyclic) bond motifs is 1. The van der Waals surface area contributed by atoms with Crippen LogP contribution in [0.15, 0.2) is 36.4 Å². The quantitative estimate of drug-likeness (QED) is 0.793. The molecule has 0 aliphatic carbocycles. The molecule has 0 saturated carbocycles. The Morgan fingerprint density at radius 3 is 2.79 bits per heavy atom. The number of carbonyl (C=O) groups is 1. The van der Waals surface area contributed by atoms with Gasteiger partial charge in [-0.25, -0.2) is 0 Å². The number of amides is 1. The van der Waals surface area contributed by atoms with Crippen LogP contribution in [-0.4, -0.2) is 32.2 Å². The molecule has 2 aromatic carbocycles. The summed E-state index contributed by atoms with van der Waals surface area (Å²) in [4.78, 5) is 13.8. The fourth-order valence-corrected chi connectivity index (χ4v) is 4.27. The number of benzene rings is 2. The van der Waals surface area contributed by atoms with Crippen molar-refractivity contribution >= 4 is 34.8 Å². The molecule has 5 nitrogen and oxygen atoms in total. The van der Waals surface area contributed by atoms with Crippen LogP contribution in [0, 0.1) is 0 Å². The van der Waals surface area contributed by atoms with Crippen molar-refractivity contribution in [2.45, 2.75) is 25.3 Å². The van der Waals surface area contributed by atoms with E-state index in [1.165, 1.54) is 10.5 Å². The number of hydrogen-bond donors (Lipinski definition) is 2. The number of carbonyl (C=O) groups excluding carboxylic acids is 1. The molecule has 0 aromatic heterocycles. The average molecular weight is 422 g/mol. The Bertz CT molecular complexity index is 875. The molecule has 2 atom stereocenters. The van der Waals surface area contributed by atoms with Gasteiger partial charge in [0.15, 0.2) is 18.0 Å². The number of rotatable bonds is 4. The van der Waals surface area contributed by atoms with E-state index in [-0.39, 0.29) is 11.9 Å². The third-order valence-electron chi connectivity index (χ3n) is 5.27. The standard InChI is InChI=1S/C21H22Cl2N2O3/c22-15-4-1-5-16(21(15)23)24-20(26)13-25-9-2-6-17(25)14-7-8-18-19(12-14)28-11-3-10-27-18/h1,4-5,7-8,12,17H,2-3,6,9-11,13H2,(H,24,26)/p+1/t17-/m1/s1.